The van der Waals surface area contributed by atoms with E-state index in [0.717, 1.165) is 50.4 Å². The first-order valence-corrected chi connectivity index (χ1v) is 8.63. The van der Waals surface area contributed by atoms with E-state index in [1.165, 1.54) is 5.56 Å². The van der Waals surface area contributed by atoms with E-state index < -0.39 is 0 Å². The van der Waals surface area contributed by atoms with Gasteiger partial charge in [0.15, 0.2) is 5.96 Å². The van der Waals surface area contributed by atoms with E-state index in [2.05, 4.69) is 26.6 Å². The first-order chi connectivity index (χ1) is 11.7. The Morgan fingerprint density at radius 1 is 1.36 bits per heavy atom. The lowest BCUT2D eigenvalue weighted by molar-refractivity contribution is 0.0170. The fourth-order valence-corrected chi connectivity index (χ4v) is 2.94. The summed E-state index contributed by atoms with van der Waals surface area (Å²) < 4.78 is 10.5. The Hall–Kier alpha value is -0.610. The minimum Gasteiger partial charge on any atom is -0.383 e. The van der Waals surface area contributed by atoms with E-state index in [0.29, 0.717) is 6.61 Å². The van der Waals surface area contributed by atoms with Gasteiger partial charge in [-0.05, 0) is 17.7 Å². The van der Waals surface area contributed by atoms with Crippen LogP contribution >= 0.6 is 35.6 Å². The molecular formula is C17H28ClIN4O2. The third kappa shape index (κ3) is 7.65. The molecule has 1 unspecified atom stereocenters. The maximum atomic E-state index is 6.19. The van der Waals surface area contributed by atoms with E-state index in [1.54, 1.807) is 14.2 Å². The SMILES string of the molecule is CN=C(NCCOC)NCC(c1cccc(Cl)c1)N1CCOCC1.I. The largest absolute Gasteiger partial charge is 0.383 e. The van der Waals surface area contributed by atoms with Crippen molar-refractivity contribution in [1.29, 1.82) is 0 Å². The van der Waals surface area contributed by atoms with Crippen molar-refractivity contribution in [3.63, 3.8) is 0 Å². The van der Waals surface area contributed by atoms with E-state index in [-0.39, 0.29) is 30.0 Å². The second-order valence-corrected chi connectivity index (χ2v) is 6.03. The van der Waals surface area contributed by atoms with Crippen LogP contribution in [0, 0.1) is 0 Å². The van der Waals surface area contributed by atoms with Crippen LogP contribution < -0.4 is 10.6 Å². The quantitative estimate of drug-likeness (QED) is 0.270. The highest BCUT2D eigenvalue weighted by molar-refractivity contribution is 14.0. The molecule has 0 radical (unpaired) electrons. The molecule has 2 N–H and O–H groups in total. The second kappa shape index (κ2) is 12.7. The minimum atomic E-state index is 0. The number of methoxy groups -OCH3 is 1. The van der Waals surface area contributed by atoms with Crippen LogP contribution in [0.5, 0.6) is 0 Å². The summed E-state index contributed by atoms with van der Waals surface area (Å²) in [4.78, 5) is 6.68. The summed E-state index contributed by atoms with van der Waals surface area (Å²) in [6.45, 7) is 5.45. The van der Waals surface area contributed by atoms with Gasteiger partial charge in [0.25, 0.3) is 0 Å². The zero-order valence-corrected chi connectivity index (χ0v) is 17.9. The van der Waals surface area contributed by atoms with Gasteiger partial charge in [-0.15, -0.1) is 24.0 Å². The molecule has 1 saturated heterocycles. The molecule has 1 heterocycles. The van der Waals surface area contributed by atoms with Crippen LogP contribution in [0.4, 0.5) is 0 Å². The summed E-state index contributed by atoms with van der Waals surface area (Å²) in [5, 5.41) is 7.40. The van der Waals surface area contributed by atoms with Crippen molar-refractivity contribution in [2.24, 2.45) is 4.99 Å². The Morgan fingerprint density at radius 3 is 2.76 bits per heavy atom. The van der Waals surface area contributed by atoms with Crippen molar-refractivity contribution in [3.05, 3.63) is 34.9 Å². The van der Waals surface area contributed by atoms with Crippen molar-refractivity contribution in [2.75, 3.05) is 60.2 Å². The Balaban J connectivity index is 0.00000312. The predicted octanol–water partition coefficient (Wildman–Crippen LogP) is 2.14. The number of hydrogen-bond acceptors (Lipinski definition) is 4. The van der Waals surface area contributed by atoms with Crippen LogP contribution in [-0.4, -0.2) is 71.0 Å². The van der Waals surface area contributed by atoms with Crippen LogP contribution in [0.2, 0.25) is 5.02 Å². The molecule has 1 aromatic rings. The Bertz CT molecular complexity index is 527. The molecule has 1 fully saturated rings. The van der Waals surface area contributed by atoms with Crippen LogP contribution in [0.1, 0.15) is 11.6 Å². The molecule has 8 heteroatoms. The van der Waals surface area contributed by atoms with E-state index >= 15 is 0 Å². The number of aliphatic imine (C=N–C) groups is 1. The highest BCUT2D eigenvalue weighted by Gasteiger charge is 2.23. The van der Waals surface area contributed by atoms with Gasteiger partial charge in [-0.25, -0.2) is 0 Å². The molecule has 25 heavy (non-hydrogen) atoms. The zero-order chi connectivity index (χ0) is 17.2. The maximum Gasteiger partial charge on any atom is 0.191 e. The number of guanidine groups is 1. The standard InChI is InChI=1S/C17H27ClN4O2.HI/c1-19-17(20-6-9-23-2)21-13-16(22-7-10-24-11-8-22)14-4-3-5-15(18)12-14;/h3-5,12,16H,6-11,13H2,1-2H3,(H2,19,20,21);1H. The van der Waals surface area contributed by atoms with Crippen molar-refractivity contribution < 1.29 is 9.47 Å². The van der Waals surface area contributed by atoms with Crippen LogP contribution in [0.3, 0.4) is 0 Å². The molecule has 0 saturated carbocycles. The molecule has 0 aliphatic carbocycles. The molecule has 1 aromatic carbocycles. The molecular weight excluding hydrogens is 455 g/mol. The van der Waals surface area contributed by atoms with Gasteiger partial charge < -0.3 is 20.1 Å². The van der Waals surface area contributed by atoms with E-state index in [1.807, 2.05) is 18.2 Å². The smallest absolute Gasteiger partial charge is 0.191 e. The average molecular weight is 483 g/mol. The van der Waals surface area contributed by atoms with Gasteiger partial charge in [-0.1, -0.05) is 23.7 Å². The molecule has 2 rings (SSSR count). The number of rotatable bonds is 7. The Labute approximate surface area is 172 Å². The second-order valence-electron chi connectivity index (χ2n) is 5.59. The lowest BCUT2D eigenvalue weighted by Crippen LogP contribution is -2.46. The highest BCUT2D eigenvalue weighted by Crippen LogP contribution is 2.23. The number of benzene rings is 1. The average Bonchev–Trinajstić information content (AvgIpc) is 2.61. The van der Waals surface area contributed by atoms with Crippen LogP contribution in [-0.2, 0) is 9.47 Å². The Morgan fingerprint density at radius 2 is 2.12 bits per heavy atom. The van der Waals surface area contributed by atoms with Crippen molar-refractivity contribution in [2.45, 2.75) is 6.04 Å². The summed E-state index contributed by atoms with van der Waals surface area (Å²) >= 11 is 6.19. The summed E-state index contributed by atoms with van der Waals surface area (Å²) in [7, 11) is 3.46. The van der Waals surface area contributed by atoms with Gasteiger partial charge in [0, 0.05) is 45.4 Å². The summed E-state index contributed by atoms with van der Waals surface area (Å²) in [6.07, 6.45) is 0. The van der Waals surface area contributed by atoms with Gasteiger partial charge in [-0.2, -0.15) is 0 Å². The van der Waals surface area contributed by atoms with Crippen LogP contribution in [0.15, 0.2) is 29.3 Å². The fourth-order valence-electron chi connectivity index (χ4n) is 2.75. The van der Waals surface area contributed by atoms with E-state index in [9.17, 15) is 0 Å². The molecule has 6 nitrogen and oxygen atoms in total. The number of morpholine rings is 1. The summed E-state index contributed by atoms with van der Waals surface area (Å²) in [5.74, 6) is 0.771. The van der Waals surface area contributed by atoms with Gasteiger partial charge in [0.05, 0.1) is 25.9 Å². The highest BCUT2D eigenvalue weighted by atomic mass is 127. The molecule has 0 spiro atoms. The monoisotopic (exact) mass is 482 g/mol. The predicted molar refractivity (Wildman–Crippen MR) is 113 cm³/mol. The third-order valence-corrected chi connectivity index (χ3v) is 4.24. The molecule has 0 bridgehead atoms. The van der Waals surface area contributed by atoms with Gasteiger partial charge in [0.1, 0.15) is 0 Å². The van der Waals surface area contributed by atoms with Crippen LogP contribution in [0.25, 0.3) is 0 Å². The maximum absolute atomic E-state index is 6.19. The van der Waals surface area contributed by atoms with Gasteiger partial charge in [-0.3, -0.25) is 9.89 Å². The lowest BCUT2D eigenvalue weighted by atomic mass is 10.0. The number of nitrogens with zero attached hydrogens (tertiary/aromatic N) is 2. The first-order valence-electron chi connectivity index (χ1n) is 8.25. The van der Waals surface area contributed by atoms with E-state index in [4.69, 9.17) is 21.1 Å². The number of hydrogen-bond donors (Lipinski definition) is 2. The lowest BCUT2D eigenvalue weighted by Gasteiger charge is -2.35. The molecule has 142 valence electrons. The molecule has 1 aliphatic heterocycles. The first kappa shape index (κ1) is 22.4. The number of nitrogens with one attached hydrogen (secondary N) is 2. The van der Waals surface area contributed by atoms with Crippen molar-refractivity contribution in [3.8, 4) is 0 Å². The molecule has 0 aromatic heterocycles. The summed E-state index contributed by atoms with van der Waals surface area (Å²) in [5.41, 5.74) is 1.20. The minimum absolute atomic E-state index is 0. The normalized spacial score (nSPS) is 16.8. The molecule has 1 atom stereocenters. The number of halogens is 2. The zero-order valence-electron chi connectivity index (χ0n) is 14.8. The topological polar surface area (TPSA) is 58.1 Å². The van der Waals surface area contributed by atoms with Gasteiger partial charge in [0.2, 0.25) is 0 Å². The fraction of sp³-hybridized carbons (Fsp3) is 0.588. The summed E-state index contributed by atoms with van der Waals surface area (Å²) in [6, 6.07) is 8.27. The van der Waals surface area contributed by atoms with Crippen molar-refractivity contribution in [1.82, 2.24) is 15.5 Å². The third-order valence-electron chi connectivity index (χ3n) is 4.00. The molecule has 0 amide bonds. The van der Waals surface area contributed by atoms with Gasteiger partial charge >= 0.3 is 0 Å². The Kier molecular flexibility index (Phi) is 11.4. The molecule has 1 aliphatic rings. The van der Waals surface area contributed by atoms with Crippen molar-refractivity contribution >= 4 is 41.5 Å². The number of ether oxygens (including phenoxy) is 2.